The second-order valence-electron chi connectivity index (χ2n) is 2.65. The molecule has 4 heteroatoms. The Morgan fingerprint density at radius 1 is 1.31 bits per heavy atom. The van der Waals surface area contributed by atoms with Crippen LogP contribution in [-0.2, 0) is 4.79 Å². The Balaban J connectivity index is 2.92. The average Bonchev–Trinajstić information content (AvgIpc) is 2.44. The zero-order chi connectivity index (χ0) is 9.42. The summed E-state index contributed by atoms with van der Waals surface area (Å²) in [4.78, 5) is 12.9. The molecule has 0 fully saturated rings. The van der Waals surface area contributed by atoms with Crippen LogP contribution in [0.4, 0.5) is 0 Å². The summed E-state index contributed by atoms with van der Waals surface area (Å²) >= 11 is 0. The van der Waals surface area contributed by atoms with E-state index in [0.29, 0.717) is 5.52 Å². The molecular formula is C9H6NO3. The first-order valence-corrected chi connectivity index (χ1v) is 3.65. The van der Waals surface area contributed by atoms with Crippen LogP contribution in [0.15, 0.2) is 18.2 Å². The standard InChI is InChI=1S/C9H6NO3/c11-4-6-9(13)8-5(10-6)2-1-3-7(8)12/h1-3,10,12-13H. The van der Waals surface area contributed by atoms with Crippen molar-refractivity contribution in [2.24, 2.45) is 0 Å². The molecule has 1 aromatic carbocycles. The Bertz CT molecular complexity index is 473. The van der Waals surface area contributed by atoms with E-state index in [-0.39, 0.29) is 22.6 Å². The van der Waals surface area contributed by atoms with Crippen LogP contribution in [0, 0.1) is 0 Å². The van der Waals surface area contributed by atoms with E-state index < -0.39 is 0 Å². The lowest BCUT2D eigenvalue weighted by molar-refractivity contribution is 0.463. The molecule has 0 aliphatic carbocycles. The van der Waals surface area contributed by atoms with Crippen molar-refractivity contribution >= 4 is 17.2 Å². The van der Waals surface area contributed by atoms with Gasteiger partial charge in [-0.3, -0.25) is 4.79 Å². The molecule has 1 radical (unpaired) electrons. The molecule has 2 aromatic rings. The predicted molar refractivity (Wildman–Crippen MR) is 46.4 cm³/mol. The molecular weight excluding hydrogens is 170 g/mol. The van der Waals surface area contributed by atoms with Crippen LogP contribution in [0.5, 0.6) is 11.5 Å². The molecule has 0 aliphatic heterocycles. The number of phenols is 1. The number of fused-ring (bicyclic) bond motifs is 1. The van der Waals surface area contributed by atoms with E-state index in [1.54, 1.807) is 18.4 Å². The summed E-state index contributed by atoms with van der Waals surface area (Å²) in [5.41, 5.74) is 0.465. The van der Waals surface area contributed by atoms with Crippen LogP contribution in [0.25, 0.3) is 10.9 Å². The molecule has 0 saturated carbocycles. The minimum absolute atomic E-state index is 0.0449. The molecule has 0 aliphatic rings. The van der Waals surface area contributed by atoms with Crippen molar-refractivity contribution in [2.75, 3.05) is 0 Å². The number of hydrogen-bond acceptors (Lipinski definition) is 3. The van der Waals surface area contributed by atoms with Crippen LogP contribution >= 0.6 is 0 Å². The number of aromatic nitrogens is 1. The number of rotatable bonds is 1. The summed E-state index contributed by atoms with van der Waals surface area (Å²) in [5, 5.41) is 19.0. The Kier molecular flexibility index (Phi) is 1.48. The maximum absolute atomic E-state index is 10.3. The summed E-state index contributed by atoms with van der Waals surface area (Å²) in [6, 6.07) is 4.70. The summed E-state index contributed by atoms with van der Waals surface area (Å²) in [7, 11) is 0. The summed E-state index contributed by atoms with van der Waals surface area (Å²) < 4.78 is 0. The van der Waals surface area contributed by atoms with Crippen molar-refractivity contribution in [2.45, 2.75) is 0 Å². The summed E-state index contributed by atoms with van der Waals surface area (Å²) in [5.74, 6) is -0.323. The molecule has 13 heavy (non-hydrogen) atoms. The molecule has 0 amide bonds. The number of aromatic hydroxyl groups is 2. The maximum Gasteiger partial charge on any atom is 0.255 e. The van der Waals surface area contributed by atoms with Gasteiger partial charge in [0.25, 0.3) is 6.29 Å². The van der Waals surface area contributed by atoms with Gasteiger partial charge in [-0.15, -0.1) is 0 Å². The molecule has 4 nitrogen and oxygen atoms in total. The zero-order valence-corrected chi connectivity index (χ0v) is 6.53. The third-order valence-electron chi connectivity index (χ3n) is 1.88. The van der Waals surface area contributed by atoms with Gasteiger partial charge in [0.15, 0.2) is 5.75 Å². The van der Waals surface area contributed by atoms with Crippen molar-refractivity contribution < 1.29 is 15.0 Å². The van der Waals surface area contributed by atoms with Crippen LogP contribution in [0.3, 0.4) is 0 Å². The van der Waals surface area contributed by atoms with Gasteiger partial charge in [0.2, 0.25) is 0 Å². The van der Waals surface area contributed by atoms with Crippen molar-refractivity contribution in [3.8, 4) is 11.5 Å². The average molecular weight is 176 g/mol. The highest BCUT2D eigenvalue weighted by molar-refractivity contribution is 5.98. The fraction of sp³-hybridized carbons (Fsp3) is 0. The van der Waals surface area contributed by atoms with Gasteiger partial charge in [-0.05, 0) is 12.1 Å². The van der Waals surface area contributed by atoms with E-state index in [4.69, 9.17) is 0 Å². The van der Waals surface area contributed by atoms with Crippen molar-refractivity contribution in [3.05, 3.63) is 23.9 Å². The second kappa shape index (κ2) is 2.52. The monoisotopic (exact) mass is 176 g/mol. The van der Waals surface area contributed by atoms with Crippen LogP contribution < -0.4 is 0 Å². The van der Waals surface area contributed by atoms with Gasteiger partial charge in [0.1, 0.15) is 11.4 Å². The van der Waals surface area contributed by atoms with Gasteiger partial charge < -0.3 is 15.2 Å². The number of aromatic amines is 1. The third kappa shape index (κ3) is 0.955. The van der Waals surface area contributed by atoms with Crippen LogP contribution in [-0.4, -0.2) is 21.5 Å². The molecule has 0 unspecified atom stereocenters. The molecule has 0 atom stereocenters. The van der Waals surface area contributed by atoms with Gasteiger partial charge in [-0.25, -0.2) is 0 Å². The Hall–Kier alpha value is -1.97. The Labute approximate surface area is 73.4 Å². The number of nitrogens with one attached hydrogen (secondary N) is 1. The third-order valence-corrected chi connectivity index (χ3v) is 1.88. The minimum Gasteiger partial charge on any atom is -0.507 e. The molecule has 0 saturated heterocycles. The van der Waals surface area contributed by atoms with Gasteiger partial charge in [0.05, 0.1) is 10.9 Å². The van der Waals surface area contributed by atoms with Gasteiger partial charge in [0, 0.05) is 0 Å². The summed E-state index contributed by atoms with van der Waals surface area (Å²) in [6.07, 6.45) is 1.55. The zero-order valence-electron chi connectivity index (χ0n) is 6.53. The SMILES string of the molecule is O=[C]c1[nH]c2cccc(O)c2c1O. The smallest absolute Gasteiger partial charge is 0.255 e. The fourth-order valence-corrected chi connectivity index (χ4v) is 1.29. The lowest BCUT2D eigenvalue weighted by atomic mass is 10.2. The topological polar surface area (TPSA) is 73.3 Å². The minimum atomic E-state index is -0.261. The largest absolute Gasteiger partial charge is 0.507 e. The van der Waals surface area contributed by atoms with E-state index in [2.05, 4.69) is 4.98 Å². The first-order valence-electron chi connectivity index (χ1n) is 3.65. The number of hydrogen-bond donors (Lipinski definition) is 3. The van der Waals surface area contributed by atoms with E-state index in [1.807, 2.05) is 0 Å². The van der Waals surface area contributed by atoms with Gasteiger partial charge in [-0.1, -0.05) is 6.07 Å². The first kappa shape index (κ1) is 7.67. The van der Waals surface area contributed by atoms with E-state index in [9.17, 15) is 15.0 Å². The van der Waals surface area contributed by atoms with E-state index in [1.165, 1.54) is 6.07 Å². The summed E-state index contributed by atoms with van der Waals surface area (Å²) in [6.45, 7) is 0. The Morgan fingerprint density at radius 3 is 2.69 bits per heavy atom. The predicted octanol–water partition coefficient (Wildman–Crippen LogP) is 1.04. The van der Waals surface area contributed by atoms with Gasteiger partial charge in [-0.2, -0.15) is 0 Å². The highest BCUT2D eigenvalue weighted by Gasteiger charge is 2.12. The molecule has 2 rings (SSSR count). The molecule has 0 bridgehead atoms. The van der Waals surface area contributed by atoms with E-state index in [0.717, 1.165) is 0 Å². The maximum atomic E-state index is 10.3. The number of phenolic OH excluding ortho intramolecular Hbond substituents is 1. The number of benzene rings is 1. The van der Waals surface area contributed by atoms with Crippen LogP contribution in [0.2, 0.25) is 0 Å². The lowest BCUT2D eigenvalue weighted by Gasteiger charge is -1.93. The van der Waals surface area contributed by atoms with Crippen molar-refractivity contribution in [3.63, 3.8) is 0 Å². The quantitative estimate of drug-likeness (QED) is 0.607. The number of carbonyl (C=O) groups excluding carboxylic acids is 1. The molecule has 65 valence electrons. The lowest BCUT2D eigenvalue weighted by Crippen LogP contribution is -1.77. The Morgan fingerprint density at radius 2 is 2.08 bits per heavy atom. The van der Waals surface area contributed by atoms with E-state index >= 15 is 0 Å². The molecule has 0 spiro atoms. The van der Waals surface area contributed by atoms with Crippen LogP contribution in [0.1, 0.15) is 5.69 Å². The fourth-order valence-electron chi connectivity index (χ4n) is 1.29. The highest BCUT2D eigenvalue weighted by atomic mass is 16.3. The van der Waals surface area contributed by atoms with Gasteiger partial charge >= 0.3 is 0 Å². The van der Waals surface area contributed by atoms with Crippen molar-refractivity contribution in [1.82, 2.24) is 4.98 Å². The molecule has 1 aromatic heterocycles. The molecule has 1 heterocycles. The normalized spacial score (nSPS) is 10.5. The molecule has 3 N–H and O–H groups in total. The first-order chi connectivity index (χ1) is 6.24. The second-order valence-corrected chi connectivity index (χ2v) is 2.65. The number of H-pyrrole nitrogens is 1. The van der Waals surface area contributed by atoms with Crippen molar-refractivity contribution in [1.29, 1.82) is 0 Å². The highest BCUT2D eigenvalue weighted by Crippen LogP contribution is 2.34.